The van der Waals surface area contributed by atoms with Crippen LogP contribution in [0.5, 0.6) is 5.75 Å². The van der Waals surface area contributed by atoms with Gasteiger partial charge in [-0.05, 0) is 56.9 Å². The van der Waals surface area contributed by atoms with E-state index in [-0.39, 0.29) is 0 Å². The number of aryl methyl sites for hydroxylation is 1. The summed E-state index contributed by atoms with van der Waals surface area (Å²) in [5, 5.41) is 13.4. The molecule has 2 N–H and O–H groups in total. The molecule has 0 aliphatic heterocycles. The molecular weight excluding hydrogens is 262 g/mol. The molecule has 0 aromatic heterocycles. The Bertz CT molecular complexity index is 494. The van der Waals surface area contributed by atoms with Gasteiger partial charge in [0.25, 0.3) is 0 Å². The van der Waals surface area contributed by atoms with Gasteiger partial charge in [0.05, 0.1) is 6.10 Å². The lowest BCUT2D eigenvalue weighted by Gasteiger charge is -2.58. The number of aromatic hydroxyl groups is 1. The quantitative estimate of drug-likeness (QED) is 0.815. The van der Waals surface area contributed by atoms with Crippen molar-refractivity contribution in [2.45, 2.75) is 64.5 Å². The minimum Gasteiger partial charge on any atom is -0.508 e. The van der Waals surface area contributed by atoms with Crippen LogP contribution < -0.4 is 5.32 Å². The van der Waals surface area contributed by atoms with Crippen molar-refractivity contribution >= 4 is 5.69 Å². The average Bonchev–Trinajstić information content (AvgIpc) is 2.50. The van der Waals surface area contributed by atoms with E-state index in [2.05, 4.69) is 12.2 Å². The zero-order chi connectivity index (χ0) is 14.9. The van der Waals surface area contributed by atoms with Crippen LogP contribution in [0.4, 0.5) is 5.69 Å². The molecular formula is C18H27NO2. The van der Waals surface area contributed by atoms with Crippen LogP contribution in [0.3, 0.4) is 0 Å². The Morgan fingerprint density at radius 1 is 1.29 bits per heavy atom. The summed E-state index contributed by atoms with van der Waals surface area (Å²) < 4.78 is 6.00. The predicted octanol–water partition coefficient (Wildman–Crippen LogP) is 4.24. The number of ether oxygens (including phenoxy) is 1. The van der Waals surface area contributed by atoms with Crippen LogP contribution in [0.15, 0.2) is 18.2 Å². The van der Waals surface area contributed by atoms with E-state index in [1.54, 1.807) is 6.07 Å². The van der Waals surface area contributed by atoms with Gasteiger partial charge in [-0.25, -0.2) is 0 Å². The lowest BCUT2D eigenvalue weighted by Crippen LogP contribution is -2.62. The Labute approximate surface area is 127 Å². The van der Waals surface area contributed by atoms with Crippen LogP contribution in [0.25, 0.3) is 0 Å². The van der Waals surface area contributed by atoms with Crippen LogP contribution in [-0.4, -0.2) is 23.9 Å². The molecule has 2 atom stereocenters. The summed E-state index contributed by atoms with van der Waals surface area (Å²) in [5.41, 5.74) is 2.38. The second kappa shape index (κ2) is 5.88. The molecule has 0 saturated heterocycles. The average molecular weight is 289 g/mol. The minimum atomic E-state index is 0.333. The number of hydrogen-bond acceptors (Lipinski definition) is 3. The molecule has 1 aromatic carbocycles. The molecule has 1 spiro atoms. The van der Waals surface area contributed by atoms with Crippen molar-refractivity contribution in [2.75, 3.05) is 11.9 Å². The standard InChI is InChI=1S/C18H27NO2/c1-3-21-17-12-16(18(17)9-5-4-6-10-18)19-14-7-8-15(20)13(2)11-14/h7-8,11,16-17,19-20H,3-6,9-10,12H2,1-2H3. The van der Waals surface area contributed by atoms with Crippen LogP contribution in [0.1, 0.15) is 51.0 Å². The van der Waals surface area contributed by atoms with Gasteiger partial charge in [0, 0.05) is 23.8 Å². The van der Waals surface area contributed by atoms with E-state index in [9.17, 15) is 5.11 Å². The normalized spacial score (nSPS) is 27.3. The molecule has 1 aromatic rings. The van der Waals surface area contributed by atoms with Crippen molar-refractivity contribution in [1.29, 1.82) is 0 Å². The van der Waals surface area contributed by atoms with E-state index in [1.165, 1.54) is 32.1 Å². The second-order valence-corrected chi connectivity index (χ2v) is 6.67. The third-order valence-corrected chi connectivity index (χ3v) is 5.47. The number of benzene rings is 1. The van der Waals surface area contributed by atoms with Crippen LogP contribution in [-0.2, 0) is 4.74 Å². The van der Waals surface area contributed by atoms with Gasteiger partial charge in [-0.15, -0.1) is 0 Å². The topological polar surface area (TPSA) is 41.5 Å². The van der Waals surface area contributed by atoms with Crippen molar-refractivity contribution < 1.29 is 9.84 Å². The maximum absolute atomic E-state index is 9.66. The fourth-order valence-electron chi connectivity index (χ4n) is 4.21. The van der Waals surface area contributed by atoms with Crippen molar-refractivity contribution in [3.63, 3.8) is 0 Å². The summed E-state index contributed by atoms with van der Waals surface area (Å²) in [5.74, 6) is 0.369. The summed E-state index contributed by atoms with van der Waals surface area (Å²) in [6.07, 6.45) is 8.13. The minimum absolute atomic E-state index is 0.333. The van der Waals surface area contributed by atoms with Crippen LogP contribution in [0, 0.1) is 12.3 Å². The predicted molar refractivity (Wildman–Crippen MR) is 85.8 cm³/mol. The zero-order valence-electron chi connectivity index (χ0n) is 13.2. The Morgan fingerprint density at radius 3 is 2.71 bits per heavy atom. The highest BCUT2D eigenvalue weighted by molar-refractivity contribution is 5.51. The lowest BCUT2D eigenvalue weighted by molar-refractivity contribution is -0.134. The molecule has 2 aliphatic carbocycles. The van der Waals surface area contributed by atoms with E-state index in [0.717, 1.165) is 24.3 Å². The molecule has 2 aliphatic rings. The molecule has 0 heterocycles. The molecule has 2 unspecified atom stereocenters. The molecule has 2 saturated carbocycles. The molecule has 3 heteroatoms. The molecule has 0 radical (unpaired) electrons. The van der Waals surface area contributed by atoms with E-state index in [0.29, 0.717) is 23.3 Å². The highest BCUT2D eigenvalue weighted by Gasteiger charge is 2.55. The van der Waals surface area contributed by atoms with Gasteiger partial charge in [0.15, 0.2) is 0 Å². The van der Waals surface area contributed by atoms with Crippen LogP contribution >= 0.6 is 0 Å². The number of hydrogen-bond donors (Lipinski definition) is 2. The maximum Gasteiger partial charge on any atom is 0.118 e. The summed E-state index contributed by atoms with van der Waals surface area (Å²) >= 11 is 0. The molecule has 21 heavy (non-hydrogen) atoms. The summed E-state index contributed by atoms with van der Waals surface area (Å²) in [7, 11) is 0. The number of anilines is 1. The van der Waals surface area contributed by atoms with Gasteiger partial charge in [0.1, 0.15) is 5.75 Å². The first-order chi connectivity index (χ1) is 10.2. The van der Waals surface area contributed by atoms with Gasteiger partial charge in [-0.2, -0.15) is 0 Å². The first-order valence-corrected chi connectivity index (χ1v) is 8.33. The third kappa shape index (κ3) is 2.64. The Kier molecular flexibility index (Phi) is 4.12. The second-order valence-electron chi connectivity index (χ2n) is 6.67. The third-order valence-electron chi connectivity index (χ3n) is 5.47. The first kappa shape index (κ1) is 14.7. The SMILES string of the molecule is CCOC1CC(Nc2ccc(O)c(C)c2)C12CCCCC2. The van der Waals surface area contributed by atoms with Crippen molar-refractivity contribution in [3.8, 4) is 5.75 Å². The molecule has 0 bridgehead atoms. The van der Waals surface area contributed by atoms with Crippen molar-refractivity contribution in [3.05, 3.63) is 23.8 Å². The molecule has 0 amide bonds. The van der Waals surface area contributed by atoms with Gasteiger partial charge in [-0.1, -0.05) is 19.3 Å². The van der Waals surface area contributed by atoms with E-state index in [1.807, 2.05) is 19.1 Å². The number of phenolic OH excluding ortho intramolecular Hbond substituents is 1. The van der Waals surface area contributed by atoms with E-state index in [4.69, 9.17) is 4.74 Å². The molecule has 3 nitrogen and oxygen atoms in total. The zero-order valence-corrected chi connectivity index (χ0v) is 13.2. The van der Waals surface area contributed by atoms with E-state index >= 15 is 0 Å². The van der Waals surface area contributed by atoms with Crippen LogP contribution in [0.2, 0.25) is 0 Å². The molecule has 3 rings (SSSR count). The Morgan fingerprint density at radius 2 is 2.05 bits per heavy atom. The monoisotopic (exact) mass is 289 g/mol. The highest BCUT2D eigenvalue weighted by Crippen LogP contribution is 2.54. The highest BCUT2D eigenvalue weighted by atomic mass is 16.5. The van der Waals surface area contributed by atoms with E-state index < -0.39 is 0 Å². The van der Waals surface area contributed by atoms with Crippen molar-refractivity contribution in [2.24, 2.45) is 5.41 Å². The fourth-order valence-corrected chi connectivity index (χ4v) is 4.21. The number of nitrogens with one attached hydrogen (secondary N) is 1. The molecule has 116 valence electrons. The lowest BCUT2D eigenvalue weighted by atomic mass is 9.55. The smallest absolute Gasteiger partial charge is 0.118 e. The number of phenols is 1. The summed E-state index contributed by atoms with van der Waals surface area (Å²) in [6.45, 7) is 4.86. The first-order valence-electron chi connectivity index (χ1n) is 8.33. The maximum atomic E-state index is 9.66. The Hall–Kier alpha value is -1.22. The van der Waals surface area contributed by atoms with Gasteiger partial charge >= 0.3 is 0 Å². The van der Waals surface area contributed by atoms with Gasteiger partial charge < -0.3 is 15.2 Å². The van der Waals surface area contributed by atoms with Gasteiger partial charge in [-0.3, -0.25) is 0 Å². The van der Waals surface area contributed by atoms with Gasteiger partial charge in [0.2, 0.25) is 0 Å². The number of rotatable bonds is 4. The fraction of sp³-hybridized carbons (Fsp3) is 0.667. The van der Waals surface area contributed by atoms with Crippen molar-refractivity contribution in [1.82, 2.24) is 0 Å². The summed E-state index contributed by atoms with van der Waals surface area (Å²) in [4.78, 5) is 0. The Balaban J connectivity index is 1.73. The summed E-state index contributed by atoms with van der Waals surface area (Å²) in [6, 6.07) is 6.31. The largest absolute Gasteiger partial charge is 0.508 e. The molecule has 2 fully saturated rings.